The fraction of sp³-hybridized carbons (Fsp3) is 0.429. The molecule has 2 amide bonds. The van der Waals surface area contributed by atoms with Crippen LogP contribution in [0.2, 0.25) is 5.02 Å². The van der Waals surface area contributed by atoms with Crippen molar-refractivity contribution in [2.24, 2.45) is 5.92 Å². The fourth-order valence-electron chi connectivity index (χ4n) is 1.93. The van der Waals surface area contributed by atoms with Gasteiger partial charge in [0.1, 0.15) is 6.54 Å². The van der Waals surface area contributed by atoms with Crippen LogP contribution in [0, 0.1) is 12.8 Å². The normalized spacial score (nSPS) is 13.9. The summed E-state index contributed by atoms with van der Waals surface area (Å²) in [7, 11) is 0. The molecule has 2 rings (SSSR count). The molecule has 0 saturated heterocycles. The molecule has 6 heteroatoms. The van der Waals surface area contributed by atoms with E-state index in [-0.39, 0.29) is 6.54 Å². The summed E-state index contributed by atoms with van der Waals surface area (Å²) in [5.74, 6) is -0.579. The van der Waals surface area contributed by atoms with Crippen LogP contribution in [0.15, 0.2) is 18.2 Å². The highest BCUT2D eigenvalue weighted by atomic mass is 35.5. The number of amides is 2. The minimum Gasteiger partial charge on any atom is -0.480 e. The molecule has 0 atom stereocenters. The van der Waals surface area contributed by atoms with E-state index in [2.05, 4.69) is 5.32 Å². The minimum absolute atomic E-state index is 0.290. The van der Waals surface area contributed by atoms with Crippen molar-refractivity contribution in [3.05, 3.63) is 28.8 Å². The number of hydrogen-bond donors (Lipinski definition) is 2. The van der Waals surface area contributed by atoms with Gasteiger partial charge >= 0.3 is 12.0 Å². The summed E-state index contributed by atoms with van der Waals surface area (Å²) in [5, 5.41) is 12.2. The summed E-state index contributed by atoms with van der Waals surface area (Å²) in [6, 6.07) is 4.83. The summed E-state index contributed by atoms with van der Waals surface area (Å²) in [6.45, 7) is 2.00. The van der Waals surface area contributed by atoms with Crippen molar-refractivity contribution in [1.29, 1.82) is 0 Å². The standard InChI is InChI=1S/C14H17ClN2O3/c1-9-11(15)3-2-4-12(9)16-14(20)17(8-13(18)19)7-10-5-6-10/h2-4,10H,5-8H2,1H3,(H,16,20)(H,18,19). The monoisotopic (exact) mass is 296 g/mol. The Hall–Kier alpha value is -1.75. The summed E-state index contributed by atoms with van der Waals surface area (Å²) in [6.07, 6.45) is 2.11. The van der Waals surface area contributed by atoms with E-state index in [1.165, 1.54) is 4.90 Å². The van der Waals surface area contributed by atoms with Gasteiger partial charge in [0.05, 0.1) is 0 Å². The van der Waals surface area contributed by atoms with E-state index in [9.17, 15) is 9.59 Å². The molecule has 1 aliphatic carbocycles. The van der Waals surface area contributed by atoms with Crippen LogP contribution in [0.25, 0.3) is 0 Å². The maximum absolute atomic E-state index is 12.2. The van der Waals surface area contributed by atoms with Gasteiger partial charge in [0.2, 0.25) is 0 Å². The molecular formula is C14H17ClN2O3. The first-order valence-corrected chi connectivity index (χ1v) is 6.88. The third kappa shape index (κ3) is 3.87. The van der Waals surface area contributed by atoms with Gasteiger partial charge in [-0.25, -0.2) is 4.79 Å². The predicted octanol–water partition coefficient (Wildman–Crippen LogP) is 2.98. The number of nitrogens with zero attached hydrogens (tertiary/aromatic N) is 1. The predicted molar refractivity (Wildman–Crippen MR) is 77.1 cm³/mol. The van der Waals surface area contributed by atoms with Crippen molar-refractivity contribution in [2.45, 2.75) is 19.8 Å². The van der Waals surface area contributed by atoms with Crippen molar-refractivity contribution < 1.29 is 14.7 Å². The molecule has 2 N–H and O–H groups in total. The molecule has 1 aromatic rings. The van der Waals surface area contributed by atoms with Gasteiger partial charge in [-0.05, 0) is 43.4 Å². The molecule has 0 radical (unpaired) electrons. The molecule has 5 nitrogen and oxygen atoms in total. The van der Waals surface area contributed by atoms with Crippen molar-refractivity contribution in [3.8, 4) is 0 Å². The van der Waals surface area contributed by atoms with Crippen molar-refractivity contribution in [1.82, 2.24) is 4.90 Å². The average molecular weight is 297 g/mol. The van der Waals surface area contributed by atoms with Gasteiger partial charge in [-0.15, -0.1) is 0 Å². The Bertz CT molecular complexity index is 529. The lowest BCUT2D eigenvalue weighted by Crippen LogP contribution is -2.40. The lowest BCUT2D eigenvalue weighted by atomic mass is 10.2. The van der Waals surface area contributed by atoms with Crippen LogP contribution in [-0.2, 0) is 4.79 Å². The molecule has 0 aromatic heterocycles. The zero-order valence-corrected chi connectivity index (χ0v) is 12.0. The van der Waals surface area contributed by atoms with Crippen molar-refractivity contribution in [2.75, 3.05) is 18.4 Å². The van der Waals surface area contributed by atoms with Crippen LogP contribution in [0.5, 0.6) is 0 Å². The van der Waals surface area contributed by atoms with Crippen molar-refractivity contribution in [3.63, 3.8) is 0 Å². The van der Waals surface area contributed by atoms with Gasteiger partial charge < -0.3 is 15.3 Å². The molecular weight excluding hydrogens is 280 g/mol. The lowest BCUT2D eigenvalue weighted by Gasteiger charge is -2.21. The van der Waals surface area contributed by atoms with Gasteiger partial charge in [0.15, 0.2) is 0 Å². The van der Waals surface area contributed by atoms with Crippen LogP contribution in [0.4, 0.5) is 10.5 Å². The number of nitrogens with one attached hydrogen (secondary N) is 1. The second kappa shape index (κ2) is 6.13. The number of carboxylic acid groups (broad SMARTS) is 1. The maximum atomic E-state index is 12.2. The van der Waals surface area contributed by atoms with Crippen molar-refractivity contribution >= 4 is 29.3 Å². The number of carbonyl (C=O) groups excluding carboxylic acids is 1. The third-order valence-corrected chi connectivity index (χ3v) is 3.71. The molecule has 0 spiro atoms. The quantitative estimate of drug-likeness (QED) is 0.877. The third-order valence-electron chi connectivity index (χ3n) is 3.30. The Labute approximate surface area is 122 Å². The van der Waals surface area contributed by atoms with Gasteiger partial charge in [0.25, 0.3) is 0 Å². The van der Waals surface area contributed by atoms with Crippen LogP contribution in [0.1, 0.15) is 18.4 Å². The second-order valence-corrected chi connectivity index (χ2v) is 5.47. The highest BCUT2D eigenvalue weighted by molar-refractivity contribution is 6.31. The van der Waals surface area contributed by atoms with Gasteiger partial charge in [-0.3, -0.25) is 4.79 Å². The number of anilines is 1. The minimum atomic E-state index is -1.01. The van der Waals surface area contributed by atoms with Gasteiger partial charge in [0, 0.05) is 17.3 Å². The van der Waals surface area contributed by atoms with Gasteiger partial charge in [-0.1, -0.05) is 17.7 Å². The van der Waals surface area contributed by atoms with Crippen LogP contribution in [0.3, 0.4) is 0 Å². The second-order valence-electron chi connectivity index (χ2n) is 5.06. The van der Waals surface area contributed by atoms with E-state index in [1.54, 1.807) is 25.1 Å². The number of benzene rings is 1. The summed E-state index contributed by atoms with van der Waals surface area (Å²) < 4.78 is 0. The Kier molecular flexibility index (Phi) is 4.49. The smallest absolute Gasteiger partial charge is 0.323 e. The first-order chi connectivity index (χ1) is 9.47. The van der Waals surface area contributed by atoms with E-state index < -0.39 is 12.0 Å². The number of rotatable bonds is 5. The Balaban J connectivity index is 2.06. The number of hydrogen-bond acceptors (Lipinski definition) is 2. The number of carboxylic acids is 1. The summed E-state index contributed by atoms with van der Waals surface area (Å²) in [4.78, 5) is 24.4. The SMILES string of the molecule is Cc1c(Cl)cccc1NC(=O)N(CC(=O)O)CC1CC1. The first kappa shape index (κ1) is 14.7. The van der Waals surface area contributed by atoms with E-state index in [0.29, 0.717) is 23.2 Å². The van der Waals surface area contributed by atoms with Crippen LogP contribution >= 0.6 is 11.6 Å². The topological polar surface area (TPSA) is 69.6 Å². The summed E-state index contributed by atoms with van der Waals surface area (Å²) >= 11 is 6.00. The molecule has 0 bridgehead atoms. The average Bonchev–Trinajstić information content (AvgIpc) is 3.17. The van der Waals surface area contributed by atoms with E-state index in [4.69, 9.17) is 16.7 Å². The van der Waals surface area contributed by atoms with E-state index in [0.717, 1.165) is 18.4 Å². The van der Waals surface area contributed by atoms with Crippen LogP contribution < -0.4 is 5.32 Å². The number of aliphatic carboxylic acids is 1. The van der Waals surface area contributed by atoms with E-state index in [1.807, 2.05) is 0 Å². The Morgan fingerprint density at radius 3 is 2.75 bits per heavy atom. The lowest BCUT2D eigenvalue weighted by molar-refractivity contribution is -0.137. The molecule has 1 saturated carbocycles. The summed E-state index contributed by atoms with van der Waals surface area (Å²) in [5.41, 5.74) is 1.37. The zero-order valence-electron chi connectivity index (χ0n) is 11.2. The zero-order chi connectivity index (χ0) is 14.7. The van der Waals surface area contributed by atoms with Crippen LogP contribution in [-0.4, -0.2) is 35.1 Å². The molecule has 1 aliphatic rings. The molecule has 1 aromatic carbocycles. The molecule has 1 fully saturated rings. The fourth-order valence-corrected chi connectivity index (χ4v) is 2.11. The molecule has 0 aliphatic heterocycles. The largest absolute Gasteiger partial charge is 0.480 e. The Morgan fingerprint density at radius 2 is 2.15 bits per heavy atom. The Morgan fingerprint density at radius 1 is 1.45 bits per heavy atom. The molecule has 20 heavy (non-hydrogen) atoms. The first-order valence-electron chi connectivity index (χ1n) is 6.50. The number of carbonyl (C=O) groups is 2. The number of urea groups is 1. The molecule has 0 unspecified atom stereocenters. The molecule has 108 valence electrons. The highest BCUT2D eigenvalue weighted by Crippen LogP contribution is 2.30. The van der Waals surface area contributed by atoms with E-state index >= 15 is 0 Å². The molecule has 0 heterocycles. The maximum Gasteiger partial charge on any atom is 0.323 e. The number of halogens is 1. The van der Waals surface area contributed by atoms with Gasteiger partial charge in [-0.2, -0.15) is 0 Å². The highest BCUT2D eigenvalue weighted by Gasteiger charge is 2.28.